The Labute approximate surface area is 164 Å². The van der Waals surface area contributed by atoms with Crippen LogP contribution in [-0.4, -0.2) is 47.8 Å². The van der Waals surface area contributed by atoms with Crippen LogP contribution in [0.4, 0.5) is 4.79 Å². The highest BCUT2D eigenvalue weighted by atomic mass is 16.6. The second kappa shape index (κ2) is 8.97. The van der Waals surface area contributed by atoms with Crippen LogP contribution < -0.4 is 10.6 Å². The monoisotopic (exact) mass is 389 g/mol. The fourth-order valence-electron chi connectivity index (χ4n) is 2.99. The van der Waals surface area contributed by atoms with Crippen molar-refractivity contribution in [3.8, 4) is 0 Å². The number of hydrogen-bond donors (Lipinski definition) is 2. The summed E-state index contributed by atoms with van der Waals surface area (Å²) in [6.07, 6.45) is 0.978. The fourth-order valence-corrected chi connectivity index (χ4v) is 2.99. The molecule has 1 aromatic rings. The highest BCUT2D eigenvalue weighted by molar-refractivity contribution is 6.00. The molecule has 1 unspecified atom stereocenters. The van der Waals surface area contributed by atoms with Crippen molar-refractivity contribution in [2.45, 2.75) is 58.3 Å². The summed E-state index contributed by atoms with van der Waals surface area (Å²) in [6, 6.07) is 4.84. The van der Waals surface area contributed by atoms with Gasteiger partial charge in [0.05, 0.1) is 6.04 Å². The predicted octanol–water partition coefficient (Wildman–Crippen LogP) is 1.76. The van der Waals surface area contributed by atoms with E-state index in [1.807, 2.05) is 11.0 Å². The molecule has 1 aromatic carbocycles. The van der Waals surface area contributed by atoms with E-state index in [2.05, 4.69) is 10.6 Å². The van der Waals surface area contributed by atoms with Gasteiger partial charge in [-0.2, -0.15) is 0 Å². The van der Waals surface area contributed by atoms with Crippen LogP contribution in [0.1, 0.15) is 55.1 Å². The maximum Gasteiger partial charge on any atom is 0.407 e. The average Bonchev–Trinajstić information content (AvgIpc) is 2.58. The van der Waals surface area contributed by atoms with Crippen molar-refractivity contribution in [1.82, 2.24) is 15.5 Å². The summed E-state index contributed by atoms with van der Waals surface area (Å²) in [6.45, 7) is 5.97. The molecular weight excluding hydrogens is 362 g/mol. The first kappa shape index (κ1) is 21.6. The number of imide groups is 1. The van der Waals surface area contributed by atoms with Crippen LogP contribution in [0.5, 0.6) is 0 Å². The second-order valence-corrected chi connectivity index (χ2v) is 7.89. The van der Waals surface area contributed by atoms with E-state index in [4.69, 9.17) is 4.74 Å². The third kappa shape index (κ3) is 6.16. The Morgan fingerprint density at radius 1 is 1.36 bits per heavy atom. The zero-order valence-electron chi connectivity index (χ0n) is 16.7. The van der Waals surface area contributed by atoms with Gasteiger partial charge in [0.15, 0.2) is 0 Å². The number of amides is 3. The van der Waals surface area contributed by atoms with Crippen LogP contribution in [-0.2, 0) is 27.4 Å². The van der Waals surface area contributed by atoms with E-state index in [-0.39, 0.29) is 18.4 Å². The number of aldehydes is 1. The van der Waals surface area contributed by atoms with Gasteiger partial charge in [-0.15, -0.1) is 0 Å². The summed E-state index contributed by atoms with van der Waals surface area (Å²) in [5.74, 6) is -0.590. The van der Waals surface area contributed by atoms with Crippen molar-refractivity contribution in [2.24, 2.45) is 0 Å². The zero-order valence-corrected chi connectivity index (χ0v) is 16.7. The van der Waals surface area contributed by atoms with Gasteiger partial charge in [0.25, 0.3) is 0 Å². The molecule has 8 heteroatoms. The quantitative estimate of drug-likeness (QED) is 0.567. The molecule has 0 spiro atoms. The Hall–Kier alpha value is -2.74. The summed E-state index contributed by atoms with van der Waals surface area (Å²) in [5.41, 5.74) is 1.48. The number of likely N-dealkylation sites (N-methyl/N-ethyl adjacent to an activating group) is 1. The van der Waals surface area contributed by atoms with Gasteiger partial charge >= 0.3 is 6.09 Å². The maximum absolute atomic E-state index is 12.0. The number of rotatable bonds is 6. The molecule has 2 N–H and O–H groups in total. The first-order chi connectivity index (χ1) is 13.1. The molecule has 8 nitrogen and oxygen atoms in total. The van der Waals surface area contributed by atoms with E-state index in [1.165, 1.54) is 0 Å². The number of carbonyl (C=O) groups is 4. The number of nitrogens with one attached hydrogen (secondary N) is 2. The lowest BCUT2D eigenvalue weighted by Gasteiger charge is -2.30. The van der Waals surface area contributed by atoms with Gasteiger partial charge in [0.2, 0.25) is 11.8 Å². The van der Waals surface area contributed by atoms with Crippen LogP contribution in [0.3, 0.4) is 0 Å². The van der Waals surface area contributed by atoms with Crippen LogP contribution in [0.25, 0.3) is 0 Å². The molecule has 1 aliphatic heterocycles. The lowest BCUT2D eigenvalue weighted by molar-refractivity contribution is -0.137. The molecule has 152 valence electrons. The van der Waals surface area contributed by atoms with Crippen LogP contribution >= 0.6 is 0 Å². The normalized spacial score (nSPS) is 17.2. The molecule has 1 heterocycles. The number of nitrogens with zero attached hydrogens (tertiary/aromatic N) is 1. The van der Waals surface area contributed by atoms with Crippen molar-refractivity contribution >= 4 is 24.2 Å². The van der Waals surface area contributed by atoms with E-state index < -0.39 is 17.7 Å². The summed E-state index contributed by atoms with van der Waals surface area (Å²) >= 11 is 0. The van der Waals surface area contributed by atoms with Gasteiger partial charge in [-0.05, 0) is 45.4 Å². The smallest absolute Gasteiger partial charge is 0.407 e. The Bertz CT molecular complexity index is 770. The molecule has 28 heavy (non-hydrogen) atoms. The standard InChI is InChI=1S/C20H27N3O5/c1-20(2,3)28-19(27)21-10-13-5-6-14(12-24)15(9-13)11-23(4)16-7-8-17(25)22-18(16)26/h5-6,9,12,16H,7-8,10-11H2,1-4H3,(H,21,27)(H,22,25,26). The summed E-state index contributed by atoms with van der Waals surface area (Å²) in [7, 11) is 1.78. The summed E-state index contributed by atoms with van der Waals surface area (Å²) < 4.78 is 5.21. The molecule has 0 aromatic heterocycles. The Balaban J connectivity index is 2.06. The average molecular weight is 389 g/mol. The second-order valence-electron chi connectivity index (χ2n) is 7.89. The van der Waals surface area contributed by atoms with Crippen molar-refractivity contribution < 1.29 is 23.9 Å². The third-order valence-corrected chi connectivity index (χ3v) is 4.33. The van der Waals surface area contributed by atoms with Gasteiger partial charge in [0, 0.05) is 25.1 Å². The van der Waals surface area contributed by atoms with E-state index in [0.29, 0.717) is 24.9 Å². The Kier molecular flexibility index (Phi) is 6.90. The first-order valence-electron chi connectivity index (χ1n) is 9.17. The maximum atomic E-state index is 12.0. The number of benzene rings is 1. The molecule has 3 amide bonds. The highest BCUT2D eigenvalue weighted by Gasteiger charge is 2.30. The van der Waals surface area contributed by atoms with Gasteiger partial charge in [-0.1, -0.05) is 18.2 Å². The van der Waals surface area contributed by atoms with E-state index in [9.17, 15) is 19.2 Å². The molecule has 1 fully saturated rings. The SMILES string of the molecule is CN(Cc1cc(CNC(=O)OC(C)(C)C)ccc1C=O)C1CCC(=O)NC1=O. The minimum atomic E-state index is -0.582. The molecular formula is C20H27N3O5. The fraction of sp³-hybridized carbons (Fsp3) is 0.500. The molecule has 2 rings (SSSR count). The van der Waals surface area contributed by atoms with Gasteiger partial charge in [-0.25, -0.2) is 4.79 Å². The van der Waals surface area contributed by atoms with Gasteiger partial charge < -0.3 is 10.1 Å². The minimum Gasteiger partial charge on any atom is -0.444 e. The molecule has 1 saturated heterocycles. The highest BCUT2D eigenvalue weighted by Crippen LogP contribution is 2.18. The lowest BCUT2D eigenvalue weighted by Crippen LogP contribution is -2.51. The van der Waals surface area contributed by atoms with Gasteiger partial charge in [-0.3, -0.25) is 24.6 Å². The molecule has 0 saturated carbocycles. The molecule has 0 radical (unpaired) electrons. The van der Waals surface area contributed by atoms with E-state index in [0.717, 1.165) is 17.4 Å². The minimum absolute atomic E-state index is 0.253. The molecule has 0 aliphatic carbocycles. The van der Waals surface area contributed by atoms with E-state index in [1.54, 1.807) is 40.0 Å². The number of piperidine rings is 1. The lowest BCUT2D eigenvalue weighted by atomic mass is 10.0. The van der Waals surface area contributed by atoms with Crippen molar-refractivity contribution in [2.75, 3.05) is 7.05 Å². The molecule has 1 atom stereocenters. The molecule has 1 aliphatic rings. The topological polar surface area (TPSA) is 105 Å². The largest absolute Gasteiger partial charge is 0.444 e. The zero-order chi connectivity index (χ0) is 20.9. The Morgan fingerprint density at radius 3 is 2.68 bits per heavy atom. The predicted molar refractivity (Wildman–Crippen MR) is 103 cm³/mol. The summed E-state index contributed by atoms with van der Waals surface area (Å²) in [4.78, 5) is 48.4. The Morgan fingerprint density at radius 2 is 2.07 bits per heavy atom. The van der Waals surface area contributed by atoms with Crippen molar-refractivity contribution in [3.63, 3.8) is 0 Å². The van der Waals surface area contributed by atoms with Crippen LogP contribution in [0.2, 0.25) is 0 Å². The van der Waals surface area contributed by atoms with Crippen LogP contribution in [0.15, 0.2) is 18.2 Å². The first-order valence-corrected chi connectivity index (χ1v) is 9.17. The number of carbonyl (C=O) groups excluding carboxylic acids is 4. The number of hydrogen-bond acceptors (Lipinski definition) is 6. The van der Waals surface area contributed by atoms with Gasteiger partial charge in [0.1, 0.15) is 11.9 Å². The summed E-state index contributed by atoms with van der Waals surface area (Å²) in [5, 5.41) is 5.02. The van der Waals surface area contributed by atoms with Crippen LogP contribution in [0, 0.1) is 0 Å². The van der Waals surface area contributed by atoms with Crippen molar-refractivity contribution in [3.05, 3.63) is 34.9 Å². The number of ether oxygens (including phenoxy) is 1. The third-order valence-electron chi connectivity index (χ3n) is 4.33. The van der Waals surface area contributed by atoms with Crippen molar-refractivity contribution in [1.29, 1.82) is 0 Å². The van der Waals surface area contributed by atoms with E-state index >= 15 is 0 Å². The molecule has 0 bridgehead atoms. The number of alkyl carbamates (subject to hydrolysis) is 1.